The van der Waals surface area contributed by atoms with Crippen molar-refractivity contribution in [3.05, 3.63) is 69.8 Å². The molecule has 0 aromatic heterocycles. The van der Waals surface area contributed by atoms with Gasteiger partial charge in [-0.25, -0.2) is 8.78 Å². The molecule has 0 spiro atoms. The Bertz CT molecular complexity index is 662. The largest absolute Gasteiger partial charge is 0.377 e. The van der Waals surface area contributed by atoms with Gasteiger partial charge in [0.25, 0.3) is 5.69 Å². The zero-order valence-corrected chi connectivity index (χ0v) is 11.3. The summed E-state index contributed by atoms with van der Waals surface area (Å²) in [6.45, 7) is 1.79. The van der Waals surface area contributed by atoms with Crippen molar-refractivity contribution in [1.29, 1.82) is 0 Å². The Morgan fingerprint density at radius 3 is 2.57 bits per heavy atom. The maximum atomic E-state index is 13.2. The summed E-state index contributed by atoms with van der Waals surface area (Å²) in [7, 11) is 0. The highest BCUT2D eigenvalue weighted by Crippen LogP contribution is 2.26. The molecule has 0 aliphatic carbocycles. The number of nitro benzene ring substituents is 1. The number of halogens is 2. The molecule has 2 aromatic carbocycles. The van der Waals surface area contributed by atoms with Crippen LogP contribution in [0.1, 0.15) is 12.5 Å². The number of anilines is 1. The van der Waals surface area contributed by atoms with E-state index in [-0.39, 0.29) is 23.2 Å². The molecule has 0 aliphatic heterocycles. The average molecular weight is 292 g/mol. The first-order valence-electron chi connectivity index (χ1n) is 6.40. The topological polar surface area (TPSA) is 55.2 Å². The standard InChI is InChI=1S/C15H14F2N2O2/c1-10(7-11-3-2-4-12(16)8-11)18-14-9-13(17)5-6-15(14)19(20)21/h2-6,8-10,18H,7H2,1H3. The van der Waals surface area contributed by atoms with Gasteiger partial charge in [-0.1, -0.05) is 12.1 Å². The first kappa shape index (κ1) is 14.9. The second kappa shape index (κ2) is 6.30. The highest BCUT2D eigenvalue weighted by atomic mass is 19.1. The molecule has 110 valence electrons. The number of hydrogen-bond acceptors (Lipinski definition) is 3. The first-order valence-corrected chi connectivity index (χ1v) is 6.40. The molecule has 0 bridgehead atoms. The van der Waals surface area contributed by atoms with Crippen molar-refractivity contribution in [2.24, 2.45) is 0 Å². The summed E-state index contributed by atoms with van der Waals surface area (Å²) in [5.41, 5.74) is 0.681. The lowest BCUT2D eigenvalue weighted by Crippen LogP contribution is -2.19. The molecule has 0 amide bonds. The van der Waals surface area contributed by atoms with E-state index in [2.05, 4.69) is 5.32 Å². The second-order valence-electron chi connectivity index (χ2n) is 4.80. The van der Waals surface area contributed by atoms with E-state index in [9.17, 15) is 18.9 Å². The van der Waals surface area contributed by atoms with Crippen LogP contribution in [0.4, 0.5) is 20.2 Å². The maximum Gasteiger partial charge on any atom is 0.292 e. The van der Waals surface area contributed by atoms with Crippen molar-refractivity contribution in [2.75, 3.05) is 5.32 Å². The van der Waals surface area contributed by atoms with Gasteiger partial charge in [-0.15, -0.1) is 0 Å². The Balaban J connectivity index is 2.14. The van der Waals surface area contributed by atoms with E-state index in [4.69, 9.17) is 0 Å². The molecular weight excluding hydrogens is 278 g/mol. The van der Waals surface area contributed by atoms with Crippen molar-refractivity contribution in [2.45, 2.75) is 19.4 Å². The van der Waals surface area contributed by atoms with Crippen LogP contribution in [0, 0.1) is 21.7 Å². The Hall–Kier alpha value is -2.50. The maximum absolute atomic E-state index is 13.2. The van der Waals surface area contributed by atoms with Crippen LogP contribution in [0.2, 0.25) is 0 Å². The van der Waals surface area contributed by atoms with Crippen LogP contribution in [0.25, 0.3) is 0 Å². The third-order valence-electron chi connectivity index (χ3n) is 2.99. The Labute approximate surface area is 120 Å². The molecule has 0 aliphatic rings. The summed E-state index contributed by atoms with van der Waals surface area (Å²) in [6, 6.07) is 9.14. The molecule has 1 atom stereocenters. The third kappa shape index (κ3) is 3.98. The normalized spacial score (nSPS) is 12.0. The van der Waals surface area contributed by atoms with Gasteiger partial charge in [-0.2, -0.15) is 0 Å². The van der Waals surface area contributed by atoms with Crippen molar-refractivity contribution in [3.63, 3.8) is 0 Å². The van der Waals surface area contributed by atoms with Crippen molar-refractivity contribution >= 4 is 11.4 Å². The summed E-state index contributed by atoms with van der Waals surface area (Å²) in [4.78, 5) is 10.3. The third-order valence-corrected chi connectivity index (χ3v) is 2.99. The number of rotatable bonds is 5. The average Bonchev–Trinajstić information content (AvgIpc) is 2.38. The molecule has 0 fully saturated rings. The Kier molecular flexibility index (Phi) is 4.47. The van der Waals surface area contributed by atoms with Gasteiger partial charge >= 0.3 is 0 Å². The molecule has 0 saturated carbocycles. The Morgan fingerprint density at radius 2 is 1.90 bits per heavy atom. The van der Waals surface area contributed by atoms with Crippen LogP contribution in [0.15, 0.2) is 42.5 Å². The fraction of sp³-hybridized carbons (Fsp3) is 0.200. The highest BCUT2D eigenvalue weighted by molar-refractivity contribution is 5.61. The van der Waals surface area contributed by atoms with Gasteiger partial charge in [0, 0.05) is 18.2 Å². The quantitative estimate of drug-likeness (QED) is 0.671. The van der Waals surface area contributed by atoms with Crippen LogP contribution in [0.3, 0.4) is 0 Å². The fourth-order valence-electron chi connectivity index (χ4n) is 2.12. The number of nitrogens with zero attached hydrogens (tertiary/aromatic N) is 1. The monoisotopic (exact) mass is 292 g/mol. The summed E-state index contributed by atoms with van der Waals surface area (Å²) in [5, 5.41) is 13.8. The van der Waals surface area contributed by atoms with Crippen LogP contribution in [-0.2, 0) is 6.42 Å². The SMILES string of the molecule is CC(Cc1cccc(F)c1)Nc1cc(F)ccc1[N+](=O)[O-]. The van der Waals surface area contributed by atoms with E-state index < -0.39 is 10.7 Å². The zero-order valence-electron chi connectivity index (χ0n) is 11.3. The van der Waals surface area contributed by atoms with Gasteiger partial charge in [-0.05, 0) is 37.1 Å². The number of hydrogen-bond donors (Lipinski definition) is 1. The minimum absolute atomic E-state index is 0.115. The molecule has 6 heteroatoms. The minimum Gasteiger partial charge on any atom is -0.377 e. The van der Waals surface area contributed by atoms with Crippen molar-refractivity contribution in [1.82, 2.24) is 0 Å². The van der Waals surface area contributed by atoms with E-state index >= 15 is 0 Å². The van der Waals surface area contributed by atoms with Gasteiger partial charge in [0.2, 0.25) is 0 Å². The molecule has 0 radical (unpaired) electrons. The molecule has 2 rings (SSSR count). The predicted molar refractivity (Wildman–Crippen MR) is 76.2 cm³/mol. The van der Waals surface area contributed by atoms with E-state index in [1.807, 2.05) is 0 Å². The van der Waals surface area contributed by atoms with Crippen LogP contribution >= 0.6 is 0 Å². The summed E-state index contributed by atoms with van der Waals surface area (Å²) in [6.07, 6.45) is 0.464. The molecular formula is C15H14F2N2O2. The van der Waals surface area contributed by atoms with E-state index in [0.717, 1.165) is 23.8 Å². The van der Waals surface area contributed by atoms with Gasteiger partial charge in [-0.3, -0.25) is 10.1 Å². The van der Waals surface area contributed by atoms with Gasteiger partial charge < -0.3 is 5.32 Å². The highest BCUT2D eigenvalue weighted by Gasteiger charge is 2.16. The zero-order chi connectivity index (χ0) is 15.4. The molecule has 0 heterocycles. The van der Waals surface area contributed by atoms with Gasteiger partial charge in [0.1, 0.15) is 17.3 Å². The van der Waals surface area contributed by atoms with E-state index in [1.54, 1.807) is 19.1 Å². The molecule has 1 N–H and O–H groups in total. The molecule has 2 aromatic rings. The summed E-state index contributed by atoms with van der Waals surface area (Å²) in [5.74, 6) is -0.891. The molecule has 21 heavy (non-hydrogen) atoms. The molecule has 1 unspecified atom stereocenters. The molecule has 4 nitrogen and oxygen atoms in total. The van der Waals surface area contributed by atoms with Crippen molar-refractivity contribution < 1.29 is 13.7 Å². The molecule has 0 saturated heterocycles. The van der Waals surface area contributed by atoms with Crippen LogP contribution in [0.5, 0.6) is 0 Å². The lowest BCUT2D eigenvalue weighted by Gasteiger charge is -2.15. The first-order chi connectivity index (χ1) is 9.95. The number of benzene rings is 2. The van der Waals surface area contributed by atoms with E-state index in [0.29, 0.717) is 6.42 Å². The van der Waals surface area contributed by atoms with Gasteiger partial charge in [0.05, 0.1) is 4.92 Å². The predicted octanol–water partition coefficient (Wildman–Crippen LogP) is 3.92. The smallest absolute Gasteiger partial charge is 0.292 e. The minimum atomic E-state index is -0.573. The summed E-state index contributed by atoms with van der Waals surface area (Å²) < 4.78 is 26.3. The lowest BCUT2D eigenvalue weighted by atomic mass is 10.1. The van der Waals surface area contributed by atoms with Gasteiger partial charge in [0.15, 0.2) is 0 Å². The van der Waals surface area contributed by atoms with Crippen LogP contribution < -0.4 is 5.32 Å². The fourth-order valence-corrected chi connectivity index (χ4v) is 2.12. The number of nitro groups is 1. The van der Waals surface area contributed by atoms with Crippen LogP contribution in [-0.4, -0.2) is 11.0 Å². The van der Waals surface area contributed by atoms with E-state index in [1.165, 1.54) is 12.1 Å². The Morgan fingerprint density at radius 1 is 1.19 bits per heavy atom. The van der Waals surface area contributed by atoms with Crippen molar-refractivity contribution in [3.8, 4) is 0 Å². The number of nitrogens with one attached hydrogen (secondary N) is 1. The lowest BCUT2D eigenvalue weighted by molar-refractivity contribution is -0.384. The summed E-state index contributed by atoms with van der Waals surface area (Å²) >= 11 is 0. The second-order valence-corrected chi connectivity index (χ2v) is 4.80.